The Morgan fingerprint density at radius 3 is 3.18 bits per heavy atom. The lowest BCUT2D eigenvalue weighted by molar-refractivity contribution is -0.143. The highest BCUT2D eigenvalue weighted by atomic mass is 32.1. The quantitative estimate of drug-likeness (QED) is 0.715. The van der Waals surface area contributed by atoms with Crippen molar-refractivity contribution >= 4 is 17.3 Å². The topological polar surface area (TPSA) is 69.9 Å². The van der Waals surface area contributed by atoms with Crippen molar-refractivity contribution in [2.24, 2.45) is 0 Å². The van der Waals surface area contributed by atoms with Crippen LogP contribution in [-0.2, 0) is 22.5 Å². The van der Waals surface area contributed by atoms with Gasteiger partial charge in [0.25, 0.3) is 0 Å². The number of aryl methyl sites for hydroxylation is 1. The third-order valence-corrected chi connectivity index (χ3v) is 2.75. The summed E-state index contributed by atoms with van der Waals surface area (Å²) in [5.41, 5.74) is 2.69. The van der Waals surface area contributed by atoms with Crippen LogP contribution in [0.3, 0.4) is 0 Å². The Kier molecular flexibility index (Phi) is 4.20. The van der Waals surface area contributed by atoms with Crippen LogP contribution in [-0.4, -0.2) is 32.3 Å². The van der Waals surface area contributed by atoms with Crippen molar-refractivity contribution in [1.82, 2.24) is 19.7 Å². The Bertz CT molecular complexity index is 441. The number of aromatic nitrogens is 4. The Morgan fingerprint density at radius 1 is 1.53 bits per heavy atom. The zero-order valence-electron chi connectivity index (χ0n) is 9.15. The van der Waals surface area contributed by atoms with E-state index in [0.717, 1.165) is 5.69 Å². The second-order valence-electron chi connectivity index (χ2n) is 3.36. The monoisotopic (exact) mass is 252 g/mol. The van der Waals surface area contributed by atoms with E-state index in [1.165, 1.54) is 17.7 Å². The number of thiazole rings is 1. The molecule has 90 valence electrons. The smallest absolute Gasteiger partial charge is 0.306 e. The largest absolute Gasteiger partial charge is 0.464 e. The van der Waals surface area contributed by atoms with Crippen LogP contribution in [0.2, 0.25) is 0 Å². The van der Waals surface area contributed by atoms with Gasteiger partial charge in [-0.2, -0.15) is 5.10 Å². The zero-order valence-corrected chi connectivity index (χ0v) is 9.97. The van der Waals surface area contributed by atoms with Gasteiger partial charge in [-0.1, -0.05) is 0 Å². The highest BCUT2D eigenvalue weighted by Crippen LogP contribution is 2.04. The normalized spacial score (nSPS) is 10.4. The molecule has 2 rings (SSSR count). The highest BCUT2D eigenvalue weighted by molar-refractivity contribution is 7.07. The first kappa shape index (κ1) is 11.7. The van der Waals surface area contributed by atoms with E-state index in [2.05, 4.69) is 15.1 Å². The Labute approximate surface area is 102 Å². The number of hydrogen-bond donors (Lipinski definition) is 0. The molecule has 0 saturated carbocycles. The summed E-state index contributed by atoms with van der Waals surface area (Å²) < 4.78 is 6.68. The first-order chi connectivity index (χ1) is 8.34. The van der Waals surface area contributed by atoms with Crippen LogP contribution in [0.1, 0.15) is 12.1 Å². The molecule has 2 aromatic rings. The average Bonchev–Trinajstić information content (AvgIpc) is 2.99. The summed E-state index contributed by atoms with van der Waals surface area (Å²) in [4.78, 5) is 19.3. The molecule has 2 aromatic heterocycles. The Hall–Kier alpha value is -1.76. The summed E-state index contributed by atoms with van der Waals surface area (Å²) in [6, 6.07) is 0. The van der Waals surface area contributed by atoms with E-state index in [-0.39, 0.29) is 5.97 Å². The van der Waals surface area contributed by atoms with Crippen LogP contribution in [0.25, 0.3) is 0 Å². The fourth-order valence-electron chi connectivity index (χ4n) is 1.26. The van der Waals surface area contributed by atoms with Gasteiger partial charge in [-0.15, -0.1) is 11.3 Å². The van der Waals surface area contributed by atoms with E-state index < -0.39 is 0 Å². The van der Waals surface area contributed by atoms with Gasteiger partial charge in [0.2, 0.25) is 0 Å². The molecule has 0 N–H and O–H groups in total. The standard InChI is InChI=1S/C10H12N4O2S/c15-10(2-1-9-5-17-8-12-9)16-4-3-14-7-11-6-13-14/h5-8H,1-4H2. The van der Waals surface area contributed by atoms with E-state index >= 15 is 0 Å². The molecule has 6 nitrogen and oxygen atoms in total. The molecule has 0 saturated heterocycles. The van der Waals surface area contributed by atoms with Crippen molar-refractivity contribution in [1.29, 1.82) is 0 Å². The van der Waals surface area contributed by atoms with Crippen molar-refractivity contribution in [3.05, 3.63) is 29.2 Å². The van der Waals surface area contributed by atoms with Crippen LogP contribution in [0, 0.1) is 0 Å². The molecule has 0 aromatic carbocycles. The number of hydrogen-bond acceptors (Lipinski definition) is 6. The van der Waals surface area contributed by atoms with Gasteiger partial charge in [0.15, 0.2) is 0 Å². The van der Waals surface area contributed by atoms with Crippen LogP contribution in [0.5, 0.6) is 0 Å². The van der Waals surface area contributed by atoms with E-state index in [1.54, 1.807) is 16.5 Å². The minimum atomic E-state index is -0.210. The number of carbonyl (C=O) groups excluding carboxylic acids is 1. The molecule has 0 radical (unpaired) electrons. The second-order valence-corrected chi connectivity index (χ2v) is 4.08. The average molecular weight is 252 g/mol. The summed E-state index contributed by atoms with van der Waals surface area (Å²) in [7, 11) is 0. The number of carbonyl (C=O) groups is 1. The van der Waals surface area contributed by atoms with Gasteiger partial charge in [0.1, 0.15) is 19.3 Å². The summed E-state index contributed by atoms with van der Waals surface area (Å²) >= 11 is 1.53. The zero-order chi connectivity index (χ0) is 11.9. The van der Waals surface area contributed by atoms with Gasteiger partial charge in [-0.3, -0.25) is 4.79 Å². The number of ether oxygens (including phenoxy) is 1. The van der Waals surface area contributed by atoms with Crippen LogP contribution in [0.4, 0.5) is 0 Å². The molecule has 0 spiro atoms. The summed E-state index contributed by atoms with van der Waals surface area (Å²) in [6.07, 6.45) is 4.03. The van der Waals surface area contributed by atoms with Crippen LogP contribution >= 0.6 is 11.3 Å². The molecular formula is C10H12N4O2S. The fraction of sp³-hybridized carbons (Fsp3) is 0.400. The minimum Gasteiger partial charge on any atom is -0.464 e. The molecule has 0 amide bonds. The van der Waals surface area contributed by atoms with Crippen LogP contribution < -0.4 is 0 Å². The van der Waals surface area contributed by atoms with Gasteiger partial charge in [0, 0.05) is 11.8 Å². The molecule has 0 aliphatic heterocycles. The third-order valence-electron chi connectivity index (χ3n) is 2.12. The van der Waals surface area contributed by atoms with Gasteiger partial charge in [-0.05, 0) is 0 Å². The molecule has 0 bridgehead atoms. The van der Waals surface area contributed by atoms with Crippen molar-refractivity contribution in [3.8, 4) is 0 Å². The van der Waals surface area contributed by atoms with Crippen molar-refractivity contribution in [2.45, 2.75) is 19.4 Å². The number of rotatable bonds is 6. The van der Waals surface area contributed by atoms with Crippen molar-refractivity contribution in [3.63, 3.8) is 0 Å². The van der Waals surface area contributed by atoms with Crippen molar-refractivity contribution in [2.75, 3.05) is 6.61 Å². The van der Waals surface area contributed by atoms with Crippen molar-refractivity contribution < 1.29 is 9.53 Å². The lowest BCUT2D eigenvalue weighted by atomic mass is 10.2. The molecule has 0 fully saturated rings. The highest BCUT2D eigenvalue weighted by Gasteiger charge is 2.04. The first-order valence-corrected chi connectivity index (χ1v) is 6.14. The SMILES string of the molecule is O=C(CCc1cscn1)OCCn1cncn1. The lowest BCUT2D eigenvalue weighted by Gasteiger charge is -2.03. The van der Waals surface area contributed by atoms with Gasteiger partial charge < -0.3 is 4.74 Å². The lowest BCUT2D eigenvalue weighted by Crippen LogP contribution is -2.12. The van der Waals surface area contributed by atoms with E-state index in [0.29, 0.717) is 26.0 Å². The number of esters is 1. The maximum atomic E-state index is 11.4. The molecule has 2 heterocycles. The molecular weight excluding hydrogens is 240 g/mol. The maximum absolute atomic E-state index is 11.4. The van der Waals surface area contributed by atoms with Gasteiger partial charge in [0.05, 0.1) is 24.2 Å². The maximum Gasteiger partial charge on any atom is 0.306 e. The molecule has 7 heteroatoms. The summed E-state index contributed by atoms with van der Waals surface area (Å²) in [5.74, 6) is -0.210. The summed E-state index contributed by atoms with van der Waals surface area (Å²) in [6.45, 7) is 0.849. The van der Waals surface area contributed by atoms with E-state index in [9.17, 15) is 4.79 Å². The fourth-order valence-corrected chi connectivity index (χ4v) is 1.86. The molecule has 0 aliphatic rings. The van der Waals surface area contributed by atoms with E-state index in [1.807, 2.05) is 5.38 Å². The Morgan fingerprint density at radius 2 is 2.47 bits per heavy atom. The van der Waals surface area contributed by atoms with Gasteiger partial charge in [-0.25, -0.2) is 14.6 Å². The molecule has 17 heavy (non-hydrogen) atoms. The molecule has 0 unspecified atom stereocenters. The predicted octanol–water partition coefficient (Wildman–Crippen LogP) is 0.911. The summed E-state index contributed by atoms with van der Waals surface area (Å²) in [5, 5.41) is 5.84. The molecule has 0 atom stereocenters. The Balaban J connectivity index is 1.61. The minimum absolute atomic E-state index is 0.210. The van der Waals surface area contributed by atoms with Crippen LogP contribution in [0.15, 0.2) is 23.5 Å². The third kappa shape index (κ3) is 3.95. The van der Waals surface area contributed by atoms with Gasteiger partial charge >= 0.3 is 5.97 Å². The number of nitrogens with zero attached hydrogens (tertiary/aromatic N) is 4. The first-order valence-electron chi connectivity index (χ1n) is 5.19. The van der Waals surface area contributed by atoms with E-state index in [4.69, 9.17) is 4.74 Å². The predicted molar refractivity (Wildman–Crippen MR) is 61.4 cm³/mol. The molecule has 0 aliphatic carbocycles. The second kappa shape index (κ2) is 6.09.